The molecule has 1 unspecified atom stereocenters. The number of H-pyrrole nitrogens is 1. The Morgan fingerprint density at radius 3 is 2.78 bits per heavy atom. The number of aromatic nitrogens is 2. The lowest BCUT2D eigenvalue weighted by Gasteiger charge is -2.27. The summed E-state index contributed by atoms with van der Waals surface area (Å²) in [6.07, 6.45) is 2.93. The van der Waals surface area contributed by atoms with E-state index in [-0.39, 0.29) is 25.2 Å². The van der Waals surface area contributed by atoms with E-state index < -0.39 is 24.0 Å². The third-order valence-corrected chi connectivity index (χ3v) is 7.66. The van der Waals surface area contributed by atoms with E-state index in [1.165, 1.54) is 5.57 Å². The number of nitrogens with zero attached hydrogens (tertiary/aromatic N) is 1. The number of aliphatic hydroxyl groups is 1. The molecule has 0 bridgehead atoms. The molecule has 4 heterocycles. The fourth-order valence-electron chi connectivity index (χ4n) is 5.45. The summed E-state index contributed by atoms with van der Waals surface area (Å²) < 4.78 is 17.3. The van der Waals surface area contributed by atoms with Gasteiger partial charge in [0.15, 0.2) is 17.7 Å². The highest BCUT2D eigenvalue weighted by atomic mass is 35.5. The Labute approximate surface area is 218 Å². The number of halogens is 1. The monoisotopic (exact) mass is 524 g/mol. The van der Waals surface area contributed by atoms with Crippen LogP contribution in [0.25, 0.3) is 27.9 Å². The van der Waals surface area contributed by atoms with E-state index in [2.05, 4.69) is 28.5 Å². The van der Waals surface area contributed by atoms with Gasteiger partial charge < -0.3 is 29.6 Å². The van der Waals surface area contributed by atoms with E-state index in [1.54, 1.807) is 13.0 Å². The number of nitrogens with one attached hydrogen (secondary N) is 2. The molecule has 0 radical (unpaired) electrons. The predicted molar refractivity (Wildman–Crippen MR) is 139 cm³/mol. The topological polar surface area (TPSA) is 132 Å². The number of aliphatic hydroxyl groups excluding tert-OH is 1. The summed E-state index contributed by atoms with van der Waals surface area (Å²) in [5.74, 6) is 0.484. The van der Waals surface area contributed by atoms with Crippen molar-refractivity contribution in [3.05, 3.63) is 53.1 Å². The van der Waals surface area contributed by atoms with Gasteiger partial charge in [0.2, 0.25) is 5.91 Å². The number of carbonyl (C=O) groups is 1. The predicted octanol–water partition coefficient (Wildman–Crippen LogP) is 3.15. The highest BCUT2D eigenvalue weighted by Gasteiger charge is 2.59. The molecule has 5 N–H and O–H groups in total. The number of fused-ring (bicyclic) bond motifs is 2. The number of carbonyl (C=O) groups excluding carboxylic acids is 1. The van der Waals surface area contributed by atoms with Crippen molar-refractivity contribution in [2.45, 2.75) is 56.3 Å². The van der Waals surface area contributed by atoms with Crippen LogP contribution in [0.3, 0.4) is 0 Å². The molecule has 2 aromatic heterocycles. The summed E-state index contributed by atoms with van der Waals surface area (Å²) in [5.41, 5.74) is 10.6. The molecule has 37 heavy (non-hydrogen) atoms. The number of ether oxygens (including phenoxy) is 3. The maximum Gasteiger partial charge on any atom is 0.217 e. The molecule has 1 amide bonds. The van der Waals surface area contributed by atoms with Crippen LogP contribution in [0.1, 0.15) is 31.7 Å². The largest absolute Gasteiger partial charge is 0.468 e. The molecule has 2 saturated heterocycles. The van der Waals surface area contributed by atoms with E-state index in [0.717, 1.165) is 35.9 Å². The van der Waals surface area contributed by atoms with Gasteiger partial charge in [-0.25, -0.2) is 4.98 Å². The maximum absolute atomic E-state index is 11.3. The summed E-state index contributed by atoms with van der Waals surface area (Å²) in [7, 11) is 0. The van der Waals surface area contributed by atoms with Gasteiger partial charge in [-0.3, -0.25) is 10.5 Å². The van der Waals surface area contributed by atoms with Gasteiger partial charge in [-0.1, -0.05) is 41.9 Å². The number of benzene rings is 1. The minimum absolute atomic E-state index is 0.0146. The summed E-state index contributed by atoms with van der Waals surface area (Å²) in [6, 6.07) is 12.1. The molecule has 2 aliphatic heterocycles. The van der Waals surface area contributed by atoms with E-state index in [1.807, 2.05) is 18.2 Å². The van der Waals surface area contributed by atoms with Crippen molar-refractivity contribution in [2.75, 3.05) is 13.2 Å². The molecule has 0 saturated carbocycles. The van der Waals surface area contributed by atoms with Crippen LogP contribution in [0, 0.1) is 0 Å². The highest BCUT2D eigenvalue weighted by Crippen LogP contribution is 2.37. The zero-order valence-corrected chi connectivity index (χ0v) is 21.1. The van der Waals surface area contributed by atoms with Crippen LogP contribution in [-0.2, 0) is 14.3 Å². The van der Waals surface area contributed by atoms with Gasteiger partial charge >= 0.3 is 0 Å². The molecule has 6 rings (SSSR count). The number of amides is 1. The lowest BCUT2D eigenvalue weighted by Crippen LogP contribution is -2.57. The van der Waals surface area contributed by atoms with Gasteiger partial charge in [-0.15, -0.1) is 0 Å². The SMILES string of the molecule is CC(=O)NC1CC=C(c2ccc(-c3nc4cc(O[C@@H]5CO[C@@H]6[C@H](O)CO[C@@]65N)[nH]c4cc3Cl)cc2)CC1. The first kappa shape index (κ1) is 24.4. The van der Waals surface area contributed by atoms with Crippen molar-refractivity contribution in [3.8, 4) is 17.1 Å². The zero-order valence-electron chi connectivity index (χ0n) is 20.4. The number of hydrogen-bond donors (Lipinski definition) is 4. The van der Waals surface area contributed by atoms with Crippen molar-refractivity contribution < 1.29 is 24.1 Å². The fraction of sp³-hybridized carbons (Fsp3) is 0.407. The molecule has 10 heteroatoms. The van der Waals surface area contributed by atoms with Crippen LogP contribution in [0.4, 0.5) is 0 Å². The summed E-state index contributed by atoms with van der Waals surface area (Å²) in [6.45, 7) is 1.88. The van der Waals surface area contributed by atoms with Crippen LogP contribution in [0.5, 0.6) is 5.88 Å². The second-order valence-corrected chi connectivity index (χ2v) is 10.4. The van der Waals surface area contributed by atoms with Gasteiger partial charge in [-0.2, -0.15) is 0 Å². The molecule has 3 aromatic rings. The number of aromatic amines is 1. The Balaban J connectivity index is 1.19. The Bertz CT molecular complexity index is 1370. The molecule has 194 valence electrons. The minimum Gasteiger partial charge on any atom is -0.468 e. The molecule has 5 atom stereocenters. The first-order valence-corrected chi connectivity index (χ1v) is 12.8. The molecule has 2 fully saturated rings. The quantitative estimate of drug-likeness (QED) is 0.403. The van der Waals surface area contributed by atoms with E-state index in [9.17, 15) is 9.90 Å². The lowest BCUT2D eigenvalue weighted by atomic mass is 9.90. The number of nitrogens with two attached hydrogens (primary N) is 1. The molecule has 3 aliphatic rings. The Morgan fingerprint density at radius 1 is 1.27 bits per heavy atom. The standard InChI is InChI=1S/C27H29ClN4O5/c1-14(33)30-18-8-6-16(7-9-18)15-2-4-17(5-3-15)25-19(28)10-20-21(32-25)11-24(31-20)37-23-13-35-26-22(34)12-36-27(23,26)29/h2-6,10-11,18,22-23,26,31,34H,7-9,12-13,29H2,1H3,(H,30,33)/t18?,22-,23-,26-,27-/m1/s1. The zero-order chi connectivity index (χ0) is 25.7. The molecule has 1 aromatic carbocycles. The molecule has 9 nitrogen and oxygen atoms in total. The maximum atomic E-state index is 11.3. The van der Waals surface area contributed by atoms with Crippen molar-refractivity contribution in [2.24, 2.45) is 5.73 Å². The first-order chi connectivity index (χ1) is 17.8. The van der Waals surface area contributed by atoms with Crippen molar-refractivity contribution in [3.63, 3.8) is 0 Å². The molecule has 1 aliphatic carbocycles. The number of allylic oxidation sites excluding steroid dienone is 1. The minimum atomic E-state index is -1.20. The van der Waals surface area contributed by atoms with Gasteiger partial charge in [0.1, 0.15) is 12.2 Å². The fourth-order valence-corrected chi connectivity index (χ4v) is 5.71. The van der Waals surface area contributed by atoms with Crippen molar-refractivity contribution >= 4 is 34.1 Å². The van der Waals surface area contributed by atoms with Gasteiger partial charge in [-0.05, 0) is 36.5 Å². The molecule has 0 spiro atoms. The second kappa shape index (κ2) is 9.41. The molecular formula is C27H29ClN4O5. The van der Waals surface area contributed by atoms with Gasteiger partial charge in [0, 0.05) is 24.6 Å². The van der Waals surface area contributed by atoms with E-state index in [0.29, 0.717) is 22.1 Å². The Morgan fingerprint density at radius 2 is 2.05 bits per heavy atom. The average Bonchev–Trinajstić information content (AvgIpc) is 3.51. The smallest absolute Gasteiger partial charge is 0.217 e. The summed E-state index contributed by atoms with van der Waals surface area (Å²) in [5, 5.41) is 13.5. The van der Waals surface area contributed by atoms with Crippen LogP contribution in [0.2, 0.25) is 5.02 Å². The molecular weight excluding hydrogens is 496 g/mol. The first-order valence-electron chi connectivity index (χ1n) is 12.5. The van der Waals surface area contributed by atoms with Crippen LogP contribution in [-0.4, -0.2) is 64.3 Å². The highest BCUT2D eigenvalue weighted by molar-refractivity contribution is 6.33. The Hall–Kier alpha value is -2.95. The third kappa shape index (κ3) is 4.51. The van der Waals surface area contributed by atoms with Crippen LogP contribution < -0.4 is 15.8 Å². The number of rotatable bonds is 5. The van der Waals surface area contributed by atoms with Crippen LogP contribution in [0.15, 0.2) is 42.5 Å². The second-order valence-electron chi connectivity index (χ2n) is 9.96. The van der Waals surface area contributed by atoms with Crippen LogP contribution >= 0.6 is 11.6 Å². The number of pyridine rings is 1. The summed E-state index contributed by atoms with van der Waals surface area (Å²) in [4.78, 5) is 19.3. The lowest BCUT2D eigenvalue weighted by molar-refractivity contribution is -0.119. The Kier molecular flexibility index (Phi) is 6.21. The average molecular weight is 525 g/mol. The van der Waals surface area contributed by atoms with Crippen molar-refractivity contribution in [1.82, 2.24) is 15.3 Å². The number of hydrogen-bond acceptors (Lipinski definition) is 7. The third-order valence-electron chi connectivity index (χ3n) is 7.38. The van der Waals surface area contributed by atoms with Gasteiger partial charge in [0.05, 0.1) is 35.0 Å². The summed E-state index contributed by atoms with van der Waals surface area (Å²) >= 11 is 6.62. The van der Waals surface area contributed by atoms with Crippen molar-refractivity contribution in [1.29, 1.82) is 0 Å². The van der Waals surface area contributed by atoms with E-state index in [4.69, 9.17) is 36.5 Å². The van der Waals surface area contributed by atoms with Gasteiger partial charge in [0.25, 0.3) is 0 Å². The normalized spacial score (nSPS) is 29.2. The van der Waals surface area contributed by atoms with E-state index >= 15 is 0 Å².